The first-order valence-corrected chi connectivity index (χ1v) is 10.5. The van der Waals surface area contributed by atoms with Gasteiger partial charge in [0.2, 0.25) is 0 Å². The van der Waals surface area contributed by atoms with Crippen molar-refractivity contribution in [2.75, 3.05) is 18.1 Å². The van der Waals surface area contributed by atoms with Crippen LogP contribution in [0.2, 0.25) is 0 Å². The van der Waals surface area contributed by atoms with Crippen LogP contribution in [0.3, 0.4) is 0 Å². The van der Waals surface area contributed by atoms with Crippen LogP contribution in [0.25, 0.3) is 11.3 Å². The van der Waals surface area contributed by atoms with Crippen LogP contribution in [-0.2, 0) is 20.7 Å². The van der Waals surface area contributed by atoms with Gasteiger partial charge in [-0.05, 0) is 43.9 Å². The van der Waals surface area contributed by atoms with Crippen molar-refractivity contribution in [3.63, 3.8) is 0 Å². The van der Waals surface area contributed by atoms with Crippen molar-refractivity contribution in [1.29, 1.82) is 0 Å². The van der Waals surface area contributed by atoms with Crippen LogP contribution in [-0.4, -0.2) is 36.1 Å². The summed E-state index contributed by atoms with van der Waals surface area (Å²) in [6.07, 6.45) is 1.99. The topological polar surface area (TPSA) is 68.7 Å². The first-order valence-electron chi connectivity index (χ1n) is 9.61. The number of benzene rings is 1. The van der Waals surface area contributed by atoms with Crippen molar-refractivity contribution in [3.8, 4) is 17.0 Å². The first kappa shape index (κ1) is 20.3. The predicted molar refractivity (Wildman–Crippen MR) is 110 cm³/mol. The van der Waals surface area contributed by atoms with Gasteiger partial charge in [-0.1, -0.05) is 20.8 Å². The lowest BCUT2D eigenvalue weighted by molar-refractivity contribution is -0.147. The first-order chi connectivity index (χ1) is 13.4. The summed E-state index contributed by atoms with van der Waals surface area (Å²) in [6.45, 7) is 7.99. The highest BCUT2D eigenvalue weighted by Gasteiger charge is 2.34. The van der Waals surface area contributed by atoms with E-state index >= 15 is 0 Å². The van der Waals surface area contributed by atoms with E-state index in [1.54, 1.807) is 18.3 Å². The Morgan fingerprint density at radius 1 is 1.36 bits per heavy atom. The molecule has 0 radical (unpaired) electrons. The maximum atomic E-state index is 12.6. The Bertz CT molecular complexity index is 862. The number of ether oxygens (including phenoxy) is 2. The molecule has 1 aromatic carbocycles. The molecule has 6 nitrogen and oxygen atoms in total. The van der Waals surface area contributed by atoms with Crippen molar-refractivity contribution in [1.82, 2.24) is 4.98 Å². The smallest absolute Gasteiger partial charge is 0.328 e. The molecule has 3 rings (SSSR count). The molecule has 28 heavy (non-hydrogen) atoms. The zero-order chi connectivity index (χ0) is 20.3. The summed E-state index contributed by atoms with van der Waals surface area (Å²) in [6, 6.07) is 4.90. The number of aryl methyl sites for hydroxylation is 1. The molecule has 7 heteroatoms. The summed E-state index contributed by atoms with van der Waals surface area (Å²) in [5.41, 5.74) is 2.33. The minimum atomic E-state index is -0.727. The molecular formula is C21H26N2O4S. The molecule has 0 aliphatic carbocycles. The number of hydrogen-bond donors (Lipinski definition) is 0. The molecule has 2 aromatic rings. The largest absolute Gasteiger partial charge is 0.482 e. The van der Waals surface area contributed by atoms with E-state index in [9.17, 15) is 9.59 Å². The van der Waals surface area contributed by atoms with Gasteiger partial charge >= 0.3 is 5.97 Å². The van der Waals surface area contributed by atoms with Gasteiger partial charge in [0.05, 0.1) is 23.0 Å². The molecule has 0 bridgehead atoms. The Morgan fingerprint density at radius 3 is 2.86 bits per heavy atom. The zero-order valence-corrected chi connectivity index (χ0v) is 17.5. The predicted octanol–water partition coefficient (Wildman–Crippen LogP) is 4.08. The normalized spacial score (nSPS) is 14.6. The third-order valence-electron chi connectivity index (χ3n) is 4.44. The number of esters is 1. The highest BCUT2D eigenvalue weighted by Crippen LogP contribution is 2.37. The molecule has 0 N–H and O–H groups in total. The summed E-state index contributed by atoms with van der Waals surface area (Å²) in [5, 5.41) is 3.10. The van der Waals surface area contributed by atoms with Gasteiger partial charge in [-0.3, -0.25) is 9.69 Å². The summed E-state index contributed by atoms with van der Waals surface area (Å²) < 4.78 is 10.9. The molecular weight excluding hydrogens is 376 g/mol. The zero-order valence-electron chi connectivity index (χ0n) is 16.7. The Morgan fingerprint density at radius 2 is 2.14 bits per heavy atom. The Labute approximate surface area is 169 Å². The Kier molecular flexibility index (Phi) is 6.34. The Hall–Kier alpha value is -2.41. The fraction of sp³-hybridized carbons (Fsp3) is 0.476. The van der Waals surface area contributed by atoms with Crippen LogP contribution in [0.4, 0.5) is 5.69 Å². The second-order valence-electron chi connectivity index (χ2n) is 7.31. The van der Waals surface area contributed by atoms with E-state index in [0.717, 1.165) is 29.1 Å². The summed E-state index contributed by atoms with van der Waals surface area (Å²) >= 11 is 1.63. The quantitative estimate of drug-likeness (QED) is 0.653. The van der Waals surface area contributed by atoms with Crippen molar-refractivity contribution >= 4 is 28.9 Å². The number of rotatable bonds is 7. The van der Waals surface area contributed by atoms with Gasteiger partial charge in [-0.25, -0.2) is 9.78 Å². The second kappa shape index (κ2) is 8.73. The number of carbonyl (C=O) groups is 2. The van der Waals surface area contributed by atoms with Crippen LogP contribution in [0.15, 0.2) is 23.6 Å². The number of thiazole rings is 1. The van der Waals surface area contributed by atoms with Gasteiger partial charge in [-0.2, -0.15) is 0 Å². The number of amides is 1. The standard InChI is InChI=1S/C21H26N2O4S/c1-5-6-19-22-16(12-28-19)15-7-8-18-17(9-15)23(20(24)11-26-18)14(4)21(25)27-10-13(2)3/h7-9,12-14H,5-6,10-11H2,1-4H3. The molecule has 1 amide bonds. The number of carbonyl (C=O) groups excluding carboxylic acids is 2. The van der Waals surface area contributed by atoms with Gasteiger partial charge in [0.1, 0.15) is 11.8 Å². The maximum absolute atomic E-state index is 12.6. The van der Waals surface area contributed by atoms with E-state index in [-0.39, 0.29) is 18.4 Å². The van der Waals surface area contributed by atoms with Gasteiger partial charge in [-0.15, -0.1) is 11.3 Å². The molecule has 0 fully saturated rings. The number of hydrogen-bond acceptors (Lipinski definition) is 6. The monoisotopic (exact) mass is 402 g/mol. The summed E-state index contributed by atoms with van der Waals surface area (Å²) in [7, 11) is 0. The molecule has 1 unspecified atom stereocenters. The van der Waals surface area contributed by atoms with Crippen molar-refractivity contribution in [2.24, 2.45) is 5.92 Å². The van der Waals surface area contributed by atoms with Crippen LogP contribution in [0.5, 0.6) is 5.75 Å². The maximum Gasteiger partial charge on any atom is 0.328 e. The number of aromatic nitrogens is 1. The van der Waals surface area contributed by atoms with E-state index < -0.39 is 12.0 Å². The fourth-order valence-electron chi connectivity index (χ4n) is 3.00. The lowest BCUT2D eigenvalue weighted by Gasteiger charge is -2.33. The van der Waals surface area contributed by atoms with Gasteiger partial charge in [0.25, 0.3) is 5.91 Å². The van der Waals surface area contributed by atoms with E-state index in [0.29, 0.717) is 18.0 Å². The minimum absolute atomic E-state index is 0.0918. The van der Waals surface area contributed by atoms with Crippen molar-refractivity contribution in [3.05, 3.63) is 28.6 Å². The minimum Gasteiger partial charge on any atom is -0.482 e. The van der Waals surface area contributed by atoms with E-state index in [1.165, 1.54) is 4.90 Å². The van der Waals surface area contributed by atoms with Crippen molar-refractivity contribution in [2.45, 2.75) is 46.6 Å². The third kappa shape index (κ3) is 4.35. The molecule has 2 heterocycles. The summed E-state index contributed by atoms with van der Waals surface area (Å²) in [5.74, 6) is 0.135. The average Bonchev–Trinajstić information content (AvgIpc) is 3.14. The Balaban J connectivity index is 1.90. The van der Waals surface area contributed by atoms with Crippen LogP contribution in [0, 0.1) is 5.92 Å². The molecule has 1 aliphatic rings. The third-order valence-corrected chi connectivity index (χ3v) is 5.35. The molecule has 1 aromatic heterocycles. The lowest BCUT2D eigenvalue weighted by Crippen LogP contribution is -2.48. The van der Waals surface area contributed by atoms with E-state index in [4.69, 9.17) is 9.47 Å². The molecule has 150 valence electrons. The van der Waals surface area contributed by atoms with Crippen molar-refractivity contribution < 1.29 is 19.1 Å². The summed E-state index contributed by atoms with van der Waals surface area (Å²) in [4.78, 5) is 31.2. The van der Waals surface area contributed by atoms with Crippen LogP contribution >= 0.6 is 11.3 Å². The van der Waals surface area contributed by atoms with E-state index in [2.05, 4.69) is 11.9 Å². The molecule has 0 saturated carbocycles. The highest BCUT2D eigenvalue weighted by atomic mass is 32.1. The van der Waals surface area contributed by atoms with Crippen LogP contribution in [0.1, 0.15) is 39.1 Å². The molecule has 0 spiro atoms. The van der Waals surface area contributed by atoms with Gasteiger partial charge < -0.3 is 9.47 Å². The second-order valence-corrected chi connectivity index (χ2v) is 8.25. The van der Waals surface area contributed by atoms with E-state index in [1.807, 2.05) is 37.4 Å². The molecule has 1 aliphatic heterocycles. The fourth-order valence-corrected chi connectivity index (χ4v) is 3.91. The number of anilines is 1. The molecule has 0 saturated heterocycles. The lowest BCUT2D eigenvalue weighted by atomic mass is 10.1. The molecule has 1 atom stereocenters. The van der Waals surface area contributed by atoms with Gasteiger partial charge in [0, 0.05) is 10.9 Å². The SMILES string of the molecule is CCCc1nc(-c2ccc3c(c2)N(C(C)C(=O)OCC(C)C)C(=O)CO3)cs1. The number of fused-ring (bicyclic) bond motifs is 1. The number of nitrogens with zero attached hydrogens (tertiary/aromatic N) is 2. The average molecular weight is 403 g/mol. The van der Waals surface area contributed by atoms with Crippen LogP contribution < -0.4 is 9.64 Å². The highest BCUT2D eigenvalue weighted by molar-refractivity contribution is 7.09. The van der Waals surface area contributed by atoms with Gasteiger partial charge in [0.15, 0.2) is 6.61 Å².